The van der Waals surface area contributed by atoms with Crippen LogP contribution in [0, 0.1) is 6.92 Å². The molecule has 0 saturated carbocycles. The summed E-state index contributed by atoms with van der Waals surface area (Å²) in [7, 11) is 0. The van der Waals surface area contributed by atoms with Gasteiger partial charge < -0.3 is 0 Å². The lowest BCUT2D eigenvalue weighted by Crippen LogP contribution is -1.74. The first kappa shape index (κ1) is 5.80. The Kier molecular flexibility index (Phi) is 1.17. The number of hydrogen-bond acceptors (Lipinski definition) is 3. The maximum Gasteiger partial charge on any atom is 0.0735 e. The zero-order valence-corrected chi connectivity index (χ0v) is 6.35. The fourth-order valence-corrected chi connectivity index (χ4v) is 1.62. The molecule has 2 aromatic heterocycles. The summed E-state index contributed by atoms with van der Waals surface area (Å²) < 4.78 is 5.23. The highest BCUT2D eigenvalue weighted by atomic mass is 32.1. The quantitative estimate of drug-likeness (QED) is 0.574. The molecule has 2 aromatic rings. The fourth-order valence-electron chi connectivity index (χ4n) is 0.924. The summed E-state index contributed by atoms with van der Waals surface area (Å²) in [5, 5.41) is 1.22. The number of aryl methyl sites for hydroxylation is 1. The van der Waals surface area contributed by atoms with Gasteiger partial charge in [0.2, 0.25) is 0 Å². The second-order valence-electron chi connectivity index (χ2n) is 2.19. The first-order chi connectivity index (χ1) is 4.88. The molecule has 0 spiro atoms. The predicted octanol–water partition coefficient (Wildman–Crippen LogP) is 2.00. The highest BCUT2D eigenvalue weighted by molar-refractivity contribution is 7.13. The van der Waals surface area contributed by atoms with Gasteiger partial charge in [-0.25, -0.2) is 0 Å². The van der Waals surface area contributed by atoms with Crippen molar-refractivity contribution in [3.8, 4) is 0 Å². The summed E-state index contributed by atoms with van der Waals surface area (Å²) in [5.41, 5.74) is 1.20. The molecule has 2 nitrogen and oxygen atoms in total. The topological polar surface area (TPSA) is 25.8 Å². The number of rotatable bonds is 0. The Labute approximate surface area is 62.7 Å². The second-order valence-corrected chi connectivity index (χ2v) is 3.03. The summed E-state index contributed by atoms with van der Waals surface area (Å²) in [6.45, 7) is 2.05. The Balaban J connectivity index is 2.95. The first-order valence-electron chi connectivity index (χ1n) is 3.03. The number of hydrogen-bond donors (Lipinski definition) is 0. The molecule has 2 rings (SSSR count). The van der Waals surface area contributed by atoms with Gasteiger partial charge in [-0.2, -0.15) is 4.37 Å². The van der Waals surface area contributed by atoms with Crippen LogP contribution in [0.4, 0.5) is 0 Å². The van der Waals surface area contributed by atoms with E-state index in [1.165, 1.54) is 27.2 Å². The van der Waals surface area contributed by atoms with Crippen LogP contribution < -0.4 is 0 Å². The minimum Gasteiger partial charge on any atom is -0.263 e. The van der Waals surface area contributed by atoms with Gasteiger partial charge in [0.15, 0.2) is 0 Å². The molecule has 0 radical (unpaired) electrons. The molecule has 0 atom stereocenters. The van der Waals surface area contributed by atoms with Crippen molar-refractivity contribution in [3.63, 3.8) is 0 Å². The van der Waals surface area contributed by atoms with Crippen LogP contribution in [0.2, 0.25) is 0 Å². The molecule has 0 aliphatic carbocycles. The highest BCUT2D eigenvalue weighted by Gasteiger charge is 1.96. The lowest BCUT2D eigenvalue weighted by Gasteiger charge is -1.89. The van der Waals surface area contributed by atoms with Gasteiger partial charge >= 0.3 is 0 Å². The summed E-state index contributed by atoms with van der Waals surface area (Å²) >= 11 is 1.49. The second kappa shape index (κ2) is 2.02. The third kappa shape index (κ3) is 0.708. The van der Waals surface area contributed by atoms with Crippen LogP contribution in [-0.2, 0) is 0 Å². The number of nitrogens with zero attached hydrogens (tertiary/aromatic N) is 2. The number of pyridine rings is 1. The van der Waals surface area contributed by atoms with E-state index in [9.17, 15) is 0 Å². The molecule has 3 heteroatoms. The van der Waals surface area contributed by atoms with E-state index in [2.05, 4.69) is 9.36 Å². The van der Waals surface area contributed by atoms with Crippen molar-refractivity contribution in [2.75, 3.05) is 0 Å². The first-order valence-corrected chi connectivity index (χ1v) is 3.80. The van der Waals surface area contributed by atoms with E-state index in [1.54, 1.807) is 0 Å². The van der Waals surface area contributed by atoms with Gasteiger partial charge in [0.05, 0.1) is 4.70 Å². The molecule has 0 bridgehead atoms. The van der Waals surface area contributed by atoms with Crippen molar-refractivity contribution in [1.82, 2.24) is 9.36 Å². The van der Waals surface area contributed by atoms with Crippen molar-refractivity contribution >= 4 is 21.6 Å². The van der Waals surface area contributed by atoms with E-state index in [0.717, 1.165) is 0 Å². The molecule has 0 fully saturated rings. The summed E-state index contributed by atoms with van der Waals surface area (Å²) in [5.74, 6) is 0. The molecule has 0 amide bonds. The van der Waals surface area contributed by atoms with Gasteiger partial charge in [-0.05, 0) is 24.0 Å². The van der Waals surface area contributed by atoms with Gasteiger partial charge in [0.25, 0.3) is 0 Å². The smallest absolute Gasteiger partial charge is 0.0735 e. The monoisotopic (exact) mass is 150 g/mol. The van der Waals surface area contributed by atoms with E-state index in [4.69, 9.17) is 0 Å². The van der Waals surface area contributed by atoms with Crippen LogP contribution in [0.1, 0.15) is 5.56 Å². The SMILES string of the molecule is Cc1cncc2sncc12. The molecule has 50 valence electrons. The zero-order valence-electron chi connectivity index (χ0n) is 5.53. The normalized spacial score (nSPS) is 10.5. The zero-order chi connectivity index (χ0) is 6.97. The lowest BCUT2D eigenvalue weighted by atomic mass is 10.2. The maximum absolute atomic E-state index is 4.06. The Morgan fingerprint density at radius 1 is 1.30 bits per heavy atom. The van der Waals surface area contributed by atoms with Crippen molar-refractivity contribution in [2.24, 2.45) is 0 Å². The van der Waals surface area contributed by atoms with E-state index in [1.807, 2.05) is 25.5 Å². The predicted molar refractivity (Wildman–Crippen MR) is 42.2 cm³/mol. The number of aromatic nitrogens is 2. The minimum atomic E-state index is 1.17. The van der Waals surface area contributed by atoms with Crippen LogP contribution >= 0.6 is 11.5 Å². The third-order valence-corrected chi connectivity index (χ3v) is 2.22. The standard InChI is InChI=1S/C7H6N2S/c1-5-2-8-4-7-6(5)3-9-10-7/h2-4H,1H3. The van der Waals surface area contributed by atoms with E-state index < -0.39 is 0 Å². The highest BCUT2D eigenvalue weighted by Crippen LogP contribution is 2.18. The summed E-state index contributed by atoms with van der Waals surface area (Å²) in [6.07, 6.45) is 5.59. The van der Waals surface area contributed by atoms with Gasteiger partial charge in [-0.1, -0.05) is 0 Å². The summed E-state index contributed by atoms with van der Waals surface area (Å²) in [4.78, 5) is 4.06. The Bertz CT molecular complexity index is 353. The van der Waals surface area contributed by atoms with Crippen LogP contribution in [-0.4, -0.2) is 9.36 Å². The molecule has 0 aromatic carbocycles. The van der Waals surface area contributed by atoms with E-state index in [-0.39, 0.29) is 0 Å². The molecular formula is C7H6N2S. The molecule has 0 aliphatic heterocycles. The Morgan fingerprint density at radius 2 is 2.20 bits per heavy atom. The molecule has 2 heterocycles. The van der Waals surface area contributed by atoms with Crippen molar-refractivity contribution in [2.45, 2.75) is 6.92 Å². The fraction of sp³-hybridized carbons (Fsp3) is 0.143. The average molecular weight is 150 g/mol. The molecule has 0 unspecified atom stereocenters. The van der Waals surface area contributed by atoms with Gasteiger partial charge in [-0.3, -0.25) is 4.98 Å². The van der Waals surface area contributed by atoms with Crippen molar-refractivity contribution in [3.05, 3.63) is 24.2 Å². The van der Waals surface area contributed by atoms with Crippen molar-refractivity contribution in [1.29, 1.82) is 0 Å². The third-order valence-electron chi connectivity index (χ3n) is 1.48. The summed E-state index contributed by atoms with van der Waals surface area (Å²) in [6, 6.07) is 0. The lowest BCUT2D eigenvalue weighted by molar-refractivity contribution is 1.32. The molecule has 0 aliphatic rings. The van der Waals surface area contributed by atoms with E-state index in [0.29, 0.717) is 0 Å². The van der Waals surface area contributed by atoms with E-state index >= 15 is 0 Å². The van der Waals surface area contributed by atoms with Crippen LogP contribution in [0.25, 0.3) is 10.1 Å². The Morgan fingerprint density at radius 3 is 3.00 bits per heavy atom. The number of fused-ring (bicyclic) bond motifs is 1. The molecular weight excluding hydrogens is 144 g/mol. The van der Waals surface area contributed by atoms with Crippen LogP contribution in [0.15, 0.2) is 18.6 Å². The molecule has 0 saturated heterocycles. The largest absolute Gasteiger partial charge is 0.263 e. The van der Waals surface area contributed by atoms with Gasteiger partial charge in [-0.15, -0.1) is 0 Å². The van der Waals surface area contributed by atoms with Crippen LogP contribution in [0.3, 0.4) is 0 Å². The molecule has 0 N–H and O–H groups in total. The maximum atomic E-state index is 4.06. The Hall–Kier alpha value is -0.960. The van der Waals surface area contributed by atoms with Crippen LogP contribution in [0.5, 0.6) is 0 Å². The average Bonchev–Trinajstić information content (AvgIpc) is 2.36. The van der Waals surface area contributed by atoms with Gasteiger partial charge in [0.1, 0.15) is 0 Å². The minimum absolute atomic E-state index is 1.17. The van der Waals surface area contributed by atoms with Gasteiger partial charge in [0, 0.05) is 24.0 Å². The van der Waals surface area contributed by atoms with Crippen molar-refractivity contribution < 1.29 is 0 Å². The molecule has 10 heavy (non-hydrogen) atoms.